The molecule has 2 nitrogen and oxygen atoms in total. The van der Waals surface area contributed by atoms with E-state index < -0.39 is 5.82 Å². The quantitative estimate of drug-likeness (QED) is 0.871. The lowest BCUT2D eigenvalue weighted by molar-refractivity contribution is -0.116. The van der Waals surface area contributed by atoms with Gasteiger partial charge in [-0.2, -0.15) is 0 Å². The zero-order chi connectivity index (χ0) is 14.5. The van der Waals surface area contributed by atoms with Crippen molar-refractivity contribution in [3.63, 3.8) is 0 Å². The van der Waals surface area contributed by atoms with E-state index in [0.29, 0.717) is 23.6 Å². The van der Waals surface area contributed by atoms with Crippen molar-refractivity contribution in [2.24, 2.45) is 0 Å². The van der Waals surface area contributed by atoms with Gasteiger partial charge in [0.2, 0.25) is 5.91 Å². The predicted octanol–water partition coefficient (Wildman–Crippen LogP) is 4.70. The fraction of sp³-hybridized carbons (Fsp3) is 0.133. The van der Waals surface area contributed by atoms with Crippen molar-refractivity contribution < 1.29 is 9.18 Å². The SMILES string of the molecule is O=C(CCc1ccccc1Cl)Nc1ccc(F)c(Cl)c1. The topological polar surface area (TPSA) is 29.1 Å². The Kier molecular flexibility index (Phi) is 4.99. The van der Waals surface area contributed by atoms with E-state index in [2.05, 4.69) is 5.32 Å². The van der Waals surface area contributed by atoms with Gasteiger partial charge in [-0.25, -0.2) is 4.39 Å². The number of hydrogen-bond donors (Lipinski definition) is 1. The molecule has 0 saturated carbocycles. The van der Waals surface area contributed by atoms with Crippen LogP contribution in [0.2, 0.25) is 10.0 Å². The van der Waals surface area contributed by atoms with E-state index in [1.807, 2.05) is 18.2 Å². The third-order valence-electron chi connectivity index (χ3n) is 2.78. The number of halogens is 3. The predicted molar refractivity (Wildman–Crippen MR) is 79.8 cm³/mol. The van der Waals surface area contributed by atoms with Crippen LogP contribution in [0.15, 0.2) is 42.5 Å². The lowest BCUT2D eigenvalue weighted by Gasteiger charge is -2.07. The fourth-order valence-corrected chi connectivity index (χ4v) is 2.16. The molecule has 1 amide bonds. The van der Waals surface area contributed by atoms with Crippen molar-refractivity contribution in [2.75, 3.05) is 5.32 Å². The van der Waals surface area contributed by atoms with E-state index in [4.69, 9.17) is 23.2 Å². The Labute approximate surface area is 126 Å². The van der Waals surface area contributed by atoms with Crippen molar-refractivity contribution in [3.8, 4) is 0 Å². The van der Waals surface area contributed by atoms with Crippen molar-refractivity contribution in [1.82, 2.24) is 0 Å². The minimum atomic E-state index is -0.513. The standard InChI is InChI=1S/C15H12Cl2FNO/c16-12-4-2-1-3-10(12)5-8-15(20)19-11-6-7-14(18)13(17)9-11/h1-4,6-7,9H,5,8H2,(H,19,20). The first-order valence-electron chi connectivity index (χ1n) is 6.04. The molecule has 0 saturated heterocycles. The number of aryl methyl sites for hydroxylation is 1. The molecular formula is C15H12Cl2FNO. The number of rotatable bonds is 4. The zero-order valence-electron chi connectivity index (χ0n) is 10.5. The zero-order valence-corrected chi connectivity index (χ0v) is 12.0. The van der Waals surface area contributed by atoms with Crippen LogP contribution in [0.1, 0.15) is 12.0 Å². The first-order valence-corrected chi connectivity index (χ1v) is 6.80. The third kappa shape index (κ3) is 3.95. The molecule has 104 valence electrons. The Balaban J connectivity index is 1.93. The number of anilines is 1. The summed E-state index contributed by atoms with van der Waals surface area (Å²) < 4.78 is 13.0. The van der Waals surface area contributed by atoms with Crippen molar-refractivity contribution >= 4 is 34.8 Å². The lowest BCUT2D eigenvalue weighted by atomic mass is 10.1. The summed E-state index contributed by atoms with van der Waals surface area (Å²) in [4.78, 5) is 11.8. The van der Waals surface area contributed by atoms with E-state index >= 15 is 0 Å². The molecule has 5 heteroatoms. The van der Waals surface area contributed by atoms with Crippen molar-refractivity contribution in [2.45, 2.75) is 12.8 Å². The average Bonchev–Trinajstić information content (AvgIpc) is 2.42. The van der Waals surface area contributed by atoms with Gasteiger partial charge in [-0.05, 0) is 36.2 Å². The van der Waals surface area contributed by atoms with Crippen LogP contribution in [0.25, 0.3) is 0 Å². The monoisotopic (exact) mass is 311 g/mol. The molecular weight excluding hydrogens is 300 g/mol. The van der Waals surface area contributed by atoms with E-state index in [1.54, 1.807) is 6.07 Å². The summed E-state index contributed by atoms with van der Waals surface area (Å²) >= 11 is 11.7. The highest BCUT2D eigenvalue weighted by Gasteiger charge is 2.07. The summed E-state index contributed by atoms with van der Waals surface area (Å²) in [6.45, 7) is 0. The van der Waals surface area contributed by atoms with Crippen LogP contribution < -0.4 is 5.32 Å². The Hall–Kier alpha value is -1.58. The maximum atomic E-state index is 13.0. The fourth-order valence-electron chi connectivity index (χ4n) is 1.75. The van der Waals surface area contributed by atoms with Gasteiger partial charge in [0.1, 0.15) is 5.82 Å². The molecule has 0 bridgehead atoms. The Morgan fingerprint density at radius 3 is 2.55 bits per heavy atom. The van der Waals surface area contributed by atoms with Gasteiger partial charge in [-0.15, -0.1) is 0 Å². The molecule has 2 aromatic carbocycles. The smallest absolute Gasteiger partial charge is 0.224 e. The van der Waals surface area contributed by atoms with Gasteiger partial charge in [0, 0.05) is 17.1 Å². The van der Waals surface area contributed by atoms with Crippen molar-refractivity contribution in [3.05, 3.63) is 63.9 Å². The number of carbonyl (C=O) groups is 1. The summed E-state index contributed by atoms with van der Waals surface area (Å²) in [5, 5.41) is 3.29. The van der Waals surface area contributed by atoms with Gasteiger partial charge in [0.05, 0.1) is 5.02 Å². The largest absolute Gasteiger partial charge is 0.326 e. The van der Waals surface area contributed by atoms with Crippen LogP contribution in [0.3, 0.4) is 0 Å². The van der Waals surface area contributed by atoms with Gasteiger partial charge in [-0.1, -0.05) is 41.4 Å². The van der Waals surface area contributed by atoms with Gasteiger partial charge < -0.3 is 5.32 Å². The second kappa shape index (κ2) is 6.73. The van der Waals surface area contributed by atoms with Crippen molar-refractivity contribution in [1.29, 1.82) is 0 Å². The number of carbonyl (C=O) groups excluding carboxylic acids is 1. The molecule has 1 N–H and O–H groups in total. The Bertz CT molecular complexity index is 631. The maximum absolute atomic E-state index is 13.0. The van der Waals surface area contributed by atoms with Crippen LogP contribution in [0.5, 0.6) is 0 Å². The van der Waals surface area contributed by atoms with Gasteiger partial charge in [-0.3, -0.25) is 4.79 Å². The molecule has 0 atom stereocenters. The van der Waals surface area contributed by atoms with E-state index in [0.717, 1.165) is 5.56 Å². The van der Waals surface area contributed by atoms with Gasteiger partial charge >= 0.3 is 0 Å². The molecule has 0 spiro atoms. The maximum Gasteiger partial charge on any atom is 0.224 e. The molecule has 0 heterocycles. The molecule has 0 aliphatic carbocycles. The van der Waals surface area contributed by atoms with Crippen LogP contribution >= 0.6 is 23.2 Å². The number of nitrogens with one attached hydrogen (secondary N) is 1. The molecule has 2 aromatic rings. The first kappa shape index (κ1) is 14.8. The highest BCUT2D eigenvalue weighted by atomic mass is 35.5. The number of benzene rings is 2. The minimum Gasteiger partial charge on any atom is -0.326 e. The summed E-state index contributed by atoms with van der Waals surface area (Å²) in [7, 11) is 0. The summed E-state index contributed by atoms with van der Waals surface area (Å²) in [5.74, 6) is -0.687. The molecule has 0 radical (unpaired) electrons. The van der Waals surface area contributed by atoms with Crippen LogP contribution in [0.4, 0.5) is 10.1 Å². The van der Waals surface area contributed by atoms with Crippen LogP contribution in [-0.2, 0) is 11.2 Å². The third-order valence-corrected chi connectivity index (χ3v) is 3.44. The van der Waals surface area contributed by atoms with Gasteiger partial charge in [0.25, 0.3) is 0 Å². The Morgan fingerprint density at radius 1 is 1.10 bits per heavy atom. The summed E-state index contributed by atoms with van der Waals surface area (Å²) in [6.07, 6.45) is 0.833. The second-order valence-electron chi connectivity index (χ2n) is 4.27. The first-order chi connectivity index (χ1) is 9.56. The van der Waals surface area contributed by atoms with Crippen LogP contribution in [0, 0.1) is 5.82 Å². The summed E-state index contributed by atoms with van der Waals surface area (Å²) in [5.41, 5.74) is 1.39. The highest BCUT2D eigenvalue weighted by Crippen LogP contribution is 2.20. The lowest BCUT2D eigenvalue weighted by Crippen LogP contribution is -2.12. The highest BCUT2D eigenvalue weighted by molar-refractivity contribution is 6.31. The number of amides is 1. The molecule has 0 aliphatic heterocycles. The number of hydrogen-bond acceptors (Lipinski definition) is 1. The normalized spacial score (nSPS) is 10.3. The van der Waals surface area contributed by atoms with Gasteiger partial charge in [0.15, 0.2) is 0 Å². The van der Waals surface area contributed by atoms with E-state index in [-0.39, 0.29) is 10.9 Å². The van der Waals surface area contributed by atoms with E-state index in [1.165, 1.54) is 18.2 Å². The molecule has 0 aromatic heterocycles. The van der Waals surface area contributed by atoms with E-state index in [9.17, 15) is 9.18 Å². The second-order valence-corrected chi connectivity index (χ2v) is 5.08. The van der Waals surface area contributed by atoms with Crippen LogP contribution in [-0.4, -0.2) is 5.91 Å². The molecule has 0 unspecified atom stereocenters. The molecule has 0 aliphatic rings. The minimum absolute atomic E-state index is 0.0195. The average molecular weight is 312 g/mol. The molecule has 0 fully saturated rings. The molecule has 2 rings (SSSR count). The summed E-state index contributed by atoms with van der Waals surface area (Å²) in [6, 6.07) is 11.4. The Morgan fingerprint density at radius 2 is 1.85 bits per heavy atom. The molecule has 20 heavy (non-hydrogen) atoms.